The van der Waals surface area contributed by atoms with Crippen LogP contribution in [0.5, 0.6) is 0 Å². The van der Waals surface area contributed by atoms with Gasteiger partial charge < -0.3 is 9.80 Å². The molecule has 0 fully saturated rings. The Labute approximate surface area is 320 Å². The molecular formula is C52H46N2. The molecule has 6 aromatic rings. The Morgan fingerprint density at radius 2 is 1.48 bits per heavy atom. The Morgan fingerprint density at radius 3 is 2.26 bits per heavy atom. The van der Waals surface area contributed by atoms with Gasteiger partial charge in [-0.3, -0.25) is 0 Å². The van der Waals surface area contributed by atoms with E-state index in [2.05, 4.69) is 201 Å². The highest BCUT2D eigenvalue weighted by molar-refractivity contribution is 6.09. The first-order valence-electron chi connectivity index (χ1n) is 19.7. The molecule has 0 amide bonds. The first kappa shape index (κ1) is 32.8. The molecule has 0 N–H and O–H groups in total. The van der Waals surface area contributed by atoms with Crippen molar-refractivity contribution in [1.82, 2.24) is 0 Å². The quantitative estimate of drug-likeness (QED) is 0.171. The molecule has 2 heteroatoms. The normalized spacial score (nSPS) is 20.0. The van der Waals surface area contributed by atoms with Crippen LogP contribution in [0.25, 0.3) is 33.0 Å². The Balaban J connectivity index is 1.13. The molecule has 0 saturated heterocycles. The lowest BCUT2D eigenvalue weighted by Crippen LogP contribution is -2.30. The average Bonchev–Trinajstić information content (AvgIpc) is 3.65. The molecule has 2 nitrogen and oxygen atoms in total. The number of benzene rings is 6. The third-order valence-electron chi connectivity index (χ3n) is 12.5. The maximum Gasteiger partial charge on any atom is 0.0630 e. The molecule has 0 bridgehead atoms. The van der Waals surface area contributed by atoms with Crippen LogP contribution in [0.15, 0.2) is 169 Å². The van der Waals surface area contributed by atoms with Gasteiger partial charge in [0, 0.05) is 39.5 Å². The predicted molar refractivity (Wildman–Crippen MR) is 230 cm³/mol. The van der Waals surface area contributed by atoms with Crippen molar-refractivity contribution in [3.05, 3.63) is 192 Å². The highest BCUT2D eigenvalue weighted by Crippen LogP contribution is 2.57. The van der Waals surface area contributed by atoms with Crippen molar-refractivity contribution in [2.75, 3.05) is 9.80 Å². The zero-order chi connectivity index (χ0) is 36.6. The molecule has 1 aliphatic heterocycles. The maximum absolute atomic E-state index is 2.64. The molecule has 3 aliphatic carbocycles. The molecule has 10 rings (SSSR count). The predicted octanol–water partition coefficient (Wildman–Crippen LogP) is 13.5. The number of allylic oxidation sites excluding steroid dienone is 4. The van der Waals surface area contributed by atoms with Gasteiger partial charge in [0.2, 0.25) is 0 Å². The van der Waals surface area contributed by atoms with Gasteiger partial charge in [0.15, 0.2) is 0 Å². The molecule has 6 aromatic carbocycles. The van der Waals surface area contributed by atoms with E-state index in [1.54, 1.807) is 0 Å². The van der Waals surface area contributed by atoms with Gasteiger partial charge in [-0.15, -0.1) is 0 Å². The lowest BCUT2D eigenvalue weighted by Gasteiger charge is -2.34. The monoisotopic (exact) mass is 698 g/mol. The van der Waals surface area contributed by atoms with E-state index in [9.17, 15) is 0 Å². The minimum atomic E-state index is -0.197. The average molecular weight is 699 g/mol. The summed E-state index contributed by atoms with van der Waals surface area (Å²) in [4.78, 5) is 5.18. The minimum Gasteiger partial charge on any atom is -0.334 e. The largest absolute Gasteiger partial charge is 0.334 e. The second kappa shape index (κ2) is 12.6. The molecule has 3 atom stereocenters. The zero-order valence-corrected chi connectivity index (χ0v) is 31.6. The van der Waals surface area contributed by atoms with E-state index in [4.69, 9.17) is 0 Å². The number of hydrogen-bond acceptors (Lipinski definition) is 2. The van der Waals surface area contributed by atoms with Gasteiger partial charge in [0.25, 0.3) is 0 Å². The van der Waals surface area contributed by atoms with Crippen LogP contribution in [0.3, 0.4) is 0 Å². The van der Waals surface area contributed by atoms with Crippen molar-refractivity contribution in [3.8, 4) is 22.3 Å². The molecule has 1 heterocycles. The molecule has 54 heavy (non-hydrogen) atoms. The van der Waals surface area contributed by atoms with E-state index in [1.165, 1.54) is 83.6 Å². The molecule has 0 aromatic heterocycles. The lowest BCUT2D eigenvalue weighted by atomic mass is 9.81. The van der Waals surface area contributed by atoms with Crippen molar-refractivity contribution < 1.29 is 0 Å². The van der Waals surface area contributed by atoms with Crippen molar-refractivity contribution in [2.24, 2.45) is 0 Å². The highest BCUT2D eigenvalue weighted by atomic mass is 15.2. The van der Waals surface area contributed by atoms with Crippen LogP contribution in [-0.4, -0.2) is 12.1 Å². The van der Waals surface area contributed by atoms with Gasteiger partial charge in [0.05, 0.1) is 12.1 Å². The van der Waals surface area contributed by atoms with E-state index in [-0.39, 0.29) is 23.4 Å². The molecular weight excluding hydrogens is 653 g/mol. The summed E-state index contributed by atoms with van der Waals surface area (Å²) >= 11 is 0. The SMILES string of the molecule is CCc1ccc(N(c2ccc3c(c2)C(C)(C)c2cc(N4c5ccc(-c6ccccc6)cc5C5C=C(C)C=CC54)c4ccccc4c2-3)C2C=CC=CC2)cc1. The first-order valence-corrected chi connectivity index (χ1v) is 19.7. The van der Waals surface area contributed by atoms with Crippen molar-refractivity contribution >= 4 is 33.5 Å². The van der Waals surface area contributed by atoms with Gasteiger partial charge >= 0.3 is 0 Å². The summed E-state index contributed by atoms with van der Waals surface area (Å²) in [6.07, 6.45) is 18.3. The summed E-state index contributed by atoms with van der Waals surface area (Å²) in [5.41, 5.74) is 17.0. The number of aryl methyl sites for hydroxylation is 1. The zero-order valence-electron chi connectivity index (χ0n) is 31.6. The Kier molecular flexibility index (Phi) is 7.66. The highest BCUT2D eigenvalue weighted by Gasteiger charge is 2.42. The molecule has 0 spiro atoms. The third kappa shape index (κ3) is 5.07. The maximum atomic E-state index is 2.64. The summed E-state index contributed by atoms with van der Waals surface area (Å²) in [5.74, 6) is 0.287. The summed E-state index contributed by atoms with van der Waals surface area (Å²) in [6, 6.07) is 46.5. The number of rotatable bonds is 6. The Bertz CT molecular complexity index is 2560. The molecule has 0 saturated carbocycles. The molecule has 4 aliphatic rings. The second-order valence-electron chi connectivity index (χ2n) is 16.0. The van der Waals surface area contributed by atoms with Crippen molar-refractivity contribution in [2.45, 2.75) is 64.0 Å². The van der Waals surface area contributed by atoms with Crippen molar-refractivity contribution in [1.29, 1.82) is 0 Å². The summed E-state index contributed by atoms with van der Waals surface area (Å²) in [7, 11) is 0. The second-order valence-corrected chi connectivity index (χ2v) is 16.0. The van der Waals surface area contributed by atoms with Crippen molar-refractivity contribution in [3.63, 3.8) is 0 Å². The van der Waals surface area contributed by atoms with Crippen LogP contribution >= 0.6 is 0 Å². The standard InChI is InChI=1S/C52H46N2/c1-5-35-21-24-39(25-22-35)53(38-16-10-7-11-17-38)40-26-27-43-46(32-40)52(3,4)47-33-50(41-18-12-13-19-42(41)51(43)47)54-48-28-20-34(2)30-44(48)45-31-37(23-29-49(45)54)36-14-8-6-9-15-36/h6-16,18-33,38,44,48H,5,17H2,1-4H3. The van der Waals surface area contributed by atoms with Gasteiger partial charge in [0.1, 0.15) is 0 Å². The fourth-order valence-corrected chi connectivity index (χ4v) is 9.71. The molecule has 0 radical (unpaired) electrons. The summed E-state index contributed by atoms with van der Waals surface area (Å²) < 4.78 is 0. The number of anilines is 4. The Morgan fingerprint density at radius 1 is 0.704 bits per heavy atom. The number of fused-ring (bicyclic) bond motifs is 8. The van der Waals surface area contributed by atoms with Crippen LogP contribution < -0.4 is 9.80 Å². The fourth-order valence-electron chi connectivity index (χ4n) is 9.71. The number of hydrogen-bond donors (Lipinski definition) is 0. The van der Waals surface area contributed by atoms with E-state index in [0.29, 0.717) is 0 Å². The van der Waals surface area contributed by atoms with Gasteiger partial charge in [-0.25, -0.2) is 0 Å². The van der Waals surface area contributed by atoms with E-state index in [0.717, 1.165) is 12.8 Å². The minimum absolute atomic E-state index is 0.197. The van der Waals surface area contributed by atoms with Crippen LogP contribution in [0.1, 0.15) is 62.3 Å². The first-order chi connectivity index (χ1) is 26.4. The van der Waals surface area contributed by atoms with Gasteiger partial charge in [-0.2, -0.15) is 0 Å². The van der Waals surface area contributed by atoms with Crippen LogP contribution in [0, 0.1) is 0 Å². The summed E-state index contributed by atoms with van der Waals surface area (Å²) in [5, 5.41) is 2.63. The van der Waals surface area contributed by atoms with Gasteiger partial charge in [-0.05, 0) is 112 Å². The van der Waals surface area contributed by atoms with Crippen LogP contribution in [0.4, 0.5) is 22.7 Å². The third-order valence-corrected chi connectivity index (χ3v) is 12.5. The van der Waals surface area contributed by atoms with E-state index < -0.39 is 0 Å². The van der Waals surface area contributed by atoms with E-state index >= 15 is 0 Å². The van der Waals surface area contributed by atoms with E-state index in [1.807, 2.05) is 0 Å². The van der Waals surface area contributed by atoms with Crippen LogP contribution in [-0.2, 0) is 11.8 Å². The van der Waals surface area contributed by atoms with Crippen LogP contribution in [0.2, 0.25) is 0 Å². The fraction of sp³-hybridized carbons (Fsp3) is 0.192. The molecule has 264 valence electrons. The topological polar surface area (TPSA) is 6.48 Å². The Hall–Kier alpha value is -5.86. The van der Waals surface area contributed by atoms with Gasteiger partial charge in [-0.1, -0.05) is 148 Å². The summed E-state index contributed by atoms with van der Waals surface area (Å²) in [6.45, 7) is 9.33. The molecule has 3 unspecified atom stereocenters. The lowest BCUT2D eigenvalue weighted by molar-refractivity contribution is 0.659. The smallest absolute Gasteiger partial charge is 0.0630 e. The number of nitrogens with zero attached hydrogens (tertiary/aromatic N) is 2.